The van der Waals surface area contributed by atoms with Crippen molar-refractivity contribution in [3.63, 3.8) is 0 Å². The van der Waals surface area contributed by atoms with Gasteiger partial charge in [0.25, 0.3) is 0 Å². The van der Waals surface area contributed by atoms with Crippen molar-refractivity contribution in [3.8, 4) is 6.07 Å². The molecule has 0 N–H and O–H groups in total. The average Bonchev–Trinajstić information content (AvgIpc) is 3.16. The highest BCUT2D eigenvalue weighted by molar-refractivity contribution is 6.00. The van der Waals surface area contributed by atoms with Gasteiger partial charge in [0.05, 0.1) is 5.56 Å². The lowest BCUT2D eigenvalue weighted by Gasteiger charge is -2.34. The van der Waals surface area contributed by atoms with Crippen molar-refractivity contribution in [1.29, 1.82) is 5.26 Å². The lowest BCUT2D eigenvalue weighted by molar-refractivity contribution is -0.137. The van der Waals surface area contributed by atoms with Crippen molar-refractivity contribution in [2.75, 3.05) is 16.3 Å². The van der Waals surface area contributed by atoms with Gasteiger partial charge < -0.3 is 9.80 Å². The van der Waals surface area contributed by atoms with Gasteiger partial charge in [0.2, 0.25) is 5.91 Å². The highest BCUT2D eigenvalue weighted by Gasteiger charge is 2.41. The van der Waals surface area contributed by atoms with Crippen LogP contribution in [-0.2, 0) is 11.0 Å². The van der Waals surface area contributed by atoms with Gasteiger partial charge in [0, 0.05) is 24.0 Å². The van der Waals surface area contributed by atoms with Crippen LogP contribution in [0, 0.1) is 25.2 Å². The summed E-state index contributed by atoms with van der Waals surface area (Å²) in [7, 11) is 0. The van der Waals surface area contributed by atoms with Crippen molar-refractivity contribution in [2.45, 2.75) is 58.8 Å². The molecule has 164 valence electrons. The number of amides is 1. The van der Waals surface area contributed by atoms with Gasteiger partial charge >= 0.3 is 6.18 Å². The number of alkyl halides is 3. The highest BCUT2D eigenvalue weighted by atomic mass is 19.4. The number of halogens is 3. The maximum Gasteiger partial charge on any atom is 0.417 e. The van der Waals surface area contributed by atoms with E-state index in [1.54, 1.807) is 15.9 Å². The number of benzene rings is 1. The van der Waals surface area contributed by atoms with Crippen molar-refractivity contribution in [1.82, 2.24) is 4.98 Å². The van der Waals surface area contributed by atoms with Crippen LogP contribution in [0.25, 0.3) is 0 Å². The molecule has 1 aromatic heterocycles. The number of anilines is 2. The zero-order valence-electron chi connectivity index (χ0n) is 18.0. The number of nitrogens with zero attached hydrogens (tertiary/aromatic N) is 4. The van der Waals surface area contributed by atoms with Crippen molar-refractivity contribution >= 4 is 17.4 Å². The molecule has 1 saturated heterocycles. The number of aryl methyl sites for hydroxylation is 2. The Bertz CT molecular complexity index is 1030. The van der Waals surface area contributed by atoms with Crippen LogP contribution in [0.4, 0.5) is 24.7 Å². The van der Waals surface area contributed by atoms with Crippen LogP contribution in [-0.4, -0.2) is 29.5 Å². The van der Waals surface area contributed by atoms with Gasteiger partial charge in [-0.1, -0.05) is 12.1 Å². The molecule has 0 saturated carbocycles. The van der Waals surface area contributed by atoms with E-state index in [4.69, 9.17) is 0 Å². The van der Waals surface area contributed by atoms with Crippen molar-refractivity contribution in [2.24, 2.45) is 0 Å². The summed E-state index contributed by atoms with van der Waals surface area (Å²) in [4.78, 5) is 21.1. The van der Waals surface area contributed by atoms with Crippen LogP contribution in [0.3, 0.4) is 0 Å². The molecule has 1 atom stereocenters. The molecule has 0 bridgehead atoms. The second kappa shape index (κ2) is 8.58. The largest absolute Gasteiger partial charge is 0.417 e. The smallest absolute Gasteiger partial charge is 0.343 e. The number of pyridine rings is 1. The number of carbonyl (C=O) groups is 1. The topological polar surface area (TPSA) is 60.2 Å². The van der Waals surface area contributed by atoms with E-state index in [1.165, 1.54) is 6.92 Å². The van der Waals surface area contributed by atoms with Gasteiger partial charge in [0.15, 0.2) is 0 Å². The molecular weight excluding hydrogens is 405 g/mol. The van der Waals surface area contributed by atoms with Crippen molar-refractivity contribution < 1.29 is 18.0 Å². The Morgan fingerprint density at radius 3 is 2.58 bits per heavy atom. The fraction of sp³-hybridized carbons (Fsp3) is 0.435. The predicted molar refractivity (Wildman–Crippen MR) is 113 cm³/mol. The van der Waals surface area contributed by atoms with Crippen LogP contribution >= 0.6 is 0 Å². The number of nitriles is 1. The summed E-state index contributed by atoms with van der Waals surface area (Å²) in [5, 5.41) is 9.53. The predicted octanol–water partition coefficient (Wildman–Crippen LogP) is 5.00. The van der Waals surface area contributed by atoms with Gasteiger partial charge in [-0.15, -0.1) is 0 Å². The lowest BCUT2D eigenvalue weighted by atomic mass is 10.1. The number of hydrogen-bond acceptors (Lipinski definition) is 4. The van der Waals surface area contributed by atoms with Crippen molar-refractivity contribution in [3.05, 3.63) is 52.7 Å². The van der Waals surface area contributed by atoms with Crippen LogP contribution in [0.15, 0.2) is 30.3 Å². The first-order chi connectivity index (χ1) is 14.5. The van der Waals surface area contributed by atoms with Gasteiger partial charge in [-0.25, -0.2) is 4.98 Å². The Kier molecular flexibility index (Phi) is 6.25. The van der Waals surface area contributed by atoms with E-state index in [9.17, 15) is 23.2 Å². The van der Waals surface area contributed by atoms with Gasteiger partial charge in [0.1, 0.15) is 23.5 Å². The normalized spacial score (nSPS) is 16.5. The molecule has 0 spiro atoms. The SMILES string of the molecule is Cc1cccc(N(C(=O)[C@@H]2CCCN2c2nc(C)cc(C(F)(F)F)c2C#N)C(C)C)c1. The summed E-state index contributed by atoms with van der Waals surface area (Å²) in [5.74, 6) is -0.280. The molecule has 1 aromatic carbocycles. The van der Waals surface area contributed by atoms with E-state index in [0.29, 0.717) is 19.4 Å². The first-order valence-corrected chi connectivity index (χ1v) is 10.2. The summed E-state index contributed by atoms with van der Waals surface area (Å²) in [6.07, 6.45) is -3.58. The van der Waals surface area contributed by atoms with E-state index in [0.717, 1.165) is 17.3 Å². The summed E-state index contributed by atoms with van der Waals surface area (Å²) >= 11 is 0. The number of carbonyl (C=O) groups excluding carboxylic acids is 1. The van der Waals surface area contributed by atoms with Crippen LogP contribution in [0.5, 0.6) is 0 Å². The molecule has 3 rings (SSSR count). The summed E-state index contributed by atoms with van der Waals surface area (Å²) < 4.78 is 40.7. The lowest BCUT2D eigenvalue weighted by Crippen LogP contribution is -2.49. The summed E-state index contributed by atoms with van der Waals surface area (Å²) in [5.41, 5.74) is 0.333. The van der Waals surface area contributed by atoms with E-state index >= 15 is 0 Å². The fourth-order valence-electron chi connectivity index (χ4n) is 4.09. The van der Waals surface area contributed by atoms with Gasteiger partial charge in [-0.05, 0) is 64.3 Å². The van der Waals surface area contributed by atoms with Crippen LogP contribution in [0.2, 0.25) is 0 Å². The van der Waals surface area contributed by atoms with E-state index in [2.05, 4.69) is 4.98 Å². The Morgan fingerprint density at radius 1 is 1.29 bits per heavy atom. The molecule has 2 aromatic rings. The molecule has 5 nitrogen and oxygen atoms in total. The average molecular weight is 430 g/mol. The number of rotatable bonds is 4. The molecule has 1 aliphatic heterocycles. The third-order valence-electron chi connectivity index (χ3n) is 5.39. The molecule has 1 fully saturated rings. The number of aromatic nitrogens is 1. The van der Waals surface area contributed by atoms with Gasteiger partial charge in [-0.3, -0.25) is 4.79 Å². The molecule has 31 heavy (non-hydrogen) atoms. The molecule has 0 radical (unpaired) electrons. The summed E-state index contributed by atoms with van der Waals surface area (Å²) in [6.45, 7) is 7.54. The minimum atomic E-state index is -4.68. The third-order valence-corrected chi connectivity index (χ3v) is 5.39. The maximum atomic E-state index is 13.6. The Morgan fingerprint density at radius 2 is 2.00 bits per heavy atom. The molecule has 0 unspecified atom stereocenters. The second-order valence-corrected chi connectivity index (χ2v) is 8.11. The molecule has 2 heterocycles. The van der Waals surface area contributed by atoms with Gasteiger partial charge in [-0.2, -0.15) is 18.4 Å². The maximum absolute atomic E-state index is 13.6. The monoisotopic (exact) mass is 430 g/mol. The minimum Gasteiger partial charge on any atom is -0.343 e. The van der Waals surface area contributed by atoms with E-state index in [1.807, 2.05) is 45.0 Å². The Labute approximate surface area is 180 Å². The van der Waals surface area contributed by atoms with Crippen LogP contribution < -0.4 is 9.80 Å². The van der Waals surface area contributed by atoms with E-state index < -0.39 is 23.3 Å². The Balaban J connectivity index is 2.06. The molecule has 1 aliphatic rings. The fourth-order valence-corrected chi connectivity index (χ4v) is 4.09. The number of hydrogen-bond donors (Lipinski definition) is 0. The highest BCUT2D eigenvalue weighted by Crippen LogP contribution is 2.38. The second-order valence-electron chi connectivity index (χ2n) is 8.11. The standard InChI is InChI=1S/C23H25F3N4O/c1-14(2)30(17-8-5-7-15(3)11-17)22(31)20-9-6-10-29(20)21-18(13-27)19(23(24,25)26)12-16(4)28-21/h5,7-8,11-12,14,20H,6,9-10H2,1-4H3/t20-/m0/s1. The minimum absolute atomic E-state index is 0.0707. The third kappa shape index (κ3) is 4.50. The van der Waals surface area contributed by atoms with Crippen LogP contribution in [0.1, 0.15) is 49.1 Å². The first kappa shape index (κ1) is 22.6. The molecular formula is C23H25F3N4O. The molecule has 0 aliphatic carbocycles. The Hall–Kier alpha value is -3.08. The quantitative estimate of drug-likeness (QED) is 0.685. The molecule has 1 amide bonds. The van der Waals surface area contributed by atoms with E-state index in [-0.39, 0.29) is 23.5 Å². The zero-order valence-corrected chi connectivity index (χ0v) is 18.0. The summed E-state index contributed by atoms with van der Waals surface area (Å²) in [6, 6.07) is 9.27. The molecule has 8 heteroatoms. The first-order valence-electron chi connectivity index (χ1n) is 10.2. The zero-order chi connectivity index (χ0) is 22.9.